The van der Waals surface area contributed by atoms with Crippen molar-refractivity contribution < 1.29 is 28.2 Å². The second kappa shape index (κ2) is 8.62. The summed E-state index contributed by atoms with van der Waals surface area (Å²) < 4.78 is 29.6. The van der Waals surface area contributed by atoms with E-state index in [4.69, 9.17) is 26.4 Å². The first-order chi connectivity index (χ1) is 13.8. The highest BCUT2D eigenvalue weighted by Crippen LogP contribution is 2.41. The molecule has 3 rings (SSSR count). The zero-order chi connectivity index (χ0) is 21.1. The first kappa shape index (κ1) is 20.8. The van der Waals surface area contributed by atoms with E-state index in [0.29, 0.717) is 20.5 Å². The summed E-state index contributed by atoms with van der Waals surface area (Å²) in [5.74, 6) is -0.668. The predicted octanol–water partition coefficient (Wildman–Crippen LogP) is 4.17. The number of hydrogen-bond acceptors (Lipinski definition) is 7. The minimum Gasteiger partial charge on any atom is -0.493 e. The van der Waals surface area contributed by atoms with E-state index in [9.17, 15) is 14.0 Å². The molecule has 0 saturated carbocycles. The van der Waals surface area contributed by atoms with E-state index >= 15 is 0 Å². The SMILES string of the molecule is COc1cc(C=C2SC(=S)N(c3cccc(F)c3)C2=O)cc(OC)c1OC(C)=O. The second-order valence-electron chi connectivity index (χ2n) is 5.85. The molecule has 0 aromatic heterocycles. The molecular formula is C20H16FNO5S2. The Balaban J connectivity index is 1.99. The molecule has 0 bridgehead atoms. The van der Waals surface area contributed by atoms with Crippen molar-refractivity contribution in [2.75, 3.05) is 19.1 Å². The molecule has 1 amide bonds. The van der Waals surface area contributed by atoms with Gasteiger partial charge in [-0.15, -0.1) is 0 Å². The smallest absolute Gasteiger partial charge is 0.308 e. The van der Waals surface area contributed by atoms with Crippen molar-refractivity contribution >= 4 is 51.9 Å². The molecule has 6 nitrogen and oxygen atoms in total. The normalized spacial score (nSPS) is 15.0. The molecule has 2 aromatic rings. The van der Waals surface area contributed by atoms with Crippen molar-refractivity contribution in [1.82, 2.24) is 0 Å². The van der Waals surface area contributed by atoms with E-state index in [1.165, 1.54) is 44.2 Å². The molecule has 1 fully saturated rings. The van der Waals surface area contributed by atoms with Crippen LogP contribution in [0.4, 0.5) is 10.1 Å². The van der Waals surface area contributed by atoms with Gasteiger partial charge in [0.05, 0.1) is 24.8 Å². The van der Waals surface area contributed by atoms with Crippen LogP contribution in [0.15, 0.2) is 41.3 Å². The largest absolute Gasteiger partial charge is 0.493 e. The molecule has 1 heterocycles. The average Bonchev–Trinajstić information content (AvgIpc) is 2.95. The third-order valence-corrected chi connectivity index (χ3v) is 5.19. The van der Waals surface area contributed by atoms with Gasteiger partial charge in [0.25, 0.3) is 5.91 Å². The summed E-state index contributed by atoms with van der Waals surface area (Å²) in [4.78, 5) is 25.8. The van der Waals surface area contributed by atoms with Crippen LogP contribution in [0.3, 0.4) is 0 Å². The molecule has 0 aliphatic carbocycles. The monoisotopic (exact) mass is 433 g/mol. The van der Waals surface area contributed by atoms with E-state index in [0.717, 1.165) is 11.8 Å². The van der Waals surface area contributed by atoms with E-state index in [1.807, 2.05) is 0 Å². The number of amides is 1. The van der Waals surface area contributed by atoms with Crippen LogP contribution in [0.1, 0.15) is 12.5 Å². The Morgan fingerprint density at radius 2 is 1.83 bits per heavy atom. The molecule has 29 heavy (non-hydrogen) atoms. The van der Waals surface area contributed by atoms with E-state index in [-0.39, 0.29) is 23.2 Å². The van der Waals surface area contributed by atoms with E-state index < -0.39 is 11.8 Å². The molecule has 1 aliphatic rings. The summed E-state index contributed by atoms with van der Waals surface area (Å²) in [5.41, 5.74) is 0.936. The summed E-state index contributed by atoms with van der Waals surface area (Å²) in [6.07, 6.45) is 1.61. The van der Waals surface area contributed by atoms with Gasteiger partial charge >= 0.3 is 5.97 Å². The molecule has 0 radical (unpaired) electrons. The first-order valence-corrected chi connectivity index (χ1v) is 9.54. The Morgan fingerprint density at radius 1 is 1.17 bits per heavy atom. The number of ether oxygens (including phenoxy) is 3. The lowest BCUT2D eigenvalue weighted by molar-refractivity contribution is -0.132. The highest BCUT2D eigenvalue weighted by Gasteiger charge is 2.33. The second-order valence-corrected chi connectivity index (χ2v) is 7.52. The van der Waals surface area contributed by atoms with Gasteiger partial charge < -0.3 is 14.2 Å². The molecule has 9 heteroatoms. The number of esters is 1. The molecule has 150 valence electrons. The molecule has 0 unspecified atom stereocenters. The molecule has 0 spiro atoms. The number of thioether (sulfide) groups is 1. The zero-order valence-corrected chi connectivity index (χ0v) is 17.4. The topological polar surface area (TPSA) is 65.1 Å². The number of nitrogens with zero attached hydrogens (tertiary/aromatic N) is 1. The Bertz CT molecular complexity index is 1010. The van der Waals surface area contributed by atoms with Crippen LogP contribution in [0.25, 0.3) is 6.08 Å². The van der Waals surface area contributed by atoms with Gasteiger partial charge in [0, 0.05) is 6.92 Å². The quantitative estimate of drug-likeness (QED) is 0.303. The van der Waals surface area contributed by atoms with Crippen molar-refractivity contribution in [3.05, 3.63) is 52.7 Å². The molecule has 0 N–H and O–H groups in total. The standard InChI is InChI=1S/C20H16FNO5S2/c1-11(23)27-18-15(25-2)7-12(8-16(18)26-3)9-17-19(24)22(20(28)29-17)14-6-4-5-13(21)10-14/h4-10H,1-3H3. The number of benzene rings is 2. The third kappa shape index (κ3) is 4.41. The number of carbonyl (C=O) groups is 2. The highest BCUT2D eigenvalue weighted by atomic mass is 32.2. The first-order valence-electron chi connectivity index (χ1n) is 8.32. The summed E-state index contributed by atoms with van der Waals surface area (Å²) in [6.45, 7) is 1.27. The van der Waals surface area contributed by atoms with Gasteiger partial charge in [0.2, 0.25) is 5.75 Å². The molecular weight excluding hydrogens is 417 g/mol. The van der Waals surface area contributed by atoms with Crippen molar-refractivity contribution in [3.63, 3.8) is 0 Å². The number of anilines is 1. The van der Waals surface area contributed by atoms with Crippen LogP contribution < -0.4 is 19.1 Å². The van der Waals surface area contributed by atoms with Crippen LogP contribution in [0.2, 0.25) is 0 Å². The zero-order valence-electron chi connectivity index (χ0n) is 15.7. The summed E-state index contributed by atoms with van der Waals surface area (Å²) in [6, 6.07) is 8.87. The van der Waals surface area contributed by atoms with Gasteiger partial charge in [0.1, 0.15) is 5.82 Å². The molecule has 1 saturated heterocycles. The summed E-state index contributed by atoms with van der Waals surface area (Å²) in [7, 11) is 2.85. The van der Waals surface area contributed by atoms with Crippen molar-refractivity contribution in [2.45, 2.75) is 6.92 Å². The fourth-order valence-corrected chi connectivity index (χ4v) is 3.98. The number of methoxy groups -OCH3 is 2. The van der Waals surface area contributed by atoms with Crippen LogP contribution >= 0.6 is 24.0 Å². The molecule has 1 aliphatic heterocycles. The Morgan fingerprint density at radius 3 is 2.38 bits per heavy atom. The van der Waals surface area contributed by atoms with Gasteiger partial charge in [-0.1, -0.05) is 30.0 Å². The lowest BCUT2D eigenvalue weighted by atomic mass is 10.1. The van der Waals surface area contributed by atoms with Gasteiger partial charge in [-0.05, 0) is 42.0 Å². The maximum absolute atomic E-state index is 13.5. The van der Waals surface area contributed by atoms with Gasteiger partial charge in [-0.2, -0.15) is 0 Å². The predicted molar refractivity (Wildman–Crippen MR) is 113 cm³/mol. The lowest BCUT2D eigenvalue weighted by Gasteiger charge is -2.14. The van der Waals surface area contributed by atoms with Crippen molar-refractivity contribution in [2.24, 2.45) is 0 Å². The number of halogens is 1. The fourth-order valence-electron chi connectivity index (χ4n) is 2.68. The average molecular weight is 433 g/mol. The van der Waals surface area contributed by atoms with Crippen molar-refractivity contribution in [1.29, 1.82) is 0 Å². The minimum absolute atomic E-state index is 0.145. The van der Waals surface area contributed by atoms with Gasteiger partial charge in [-0.3, -0.25) is 14.5 Å². The Kier molecular flexibility index (Phi) is 6.19. The number of rotatable bonds is 5. The van der Waals surface area contributed by atoms with Crippen LogP contribution in [0.5, 0.6) is 17.2 Å². The maximum atomic E-state index is 13.5. The van der Waals surface area contributed by atoms with Crippen molar-refractivity contribution in [3.8, 4) is 17.2 Å². The van der Waals surface area contributed by atoms with Crippen LogP contribution in [0, 0.1) is 5.82 Å². The third-order valence-electron chi connectivity index (χ3n) is 3.89. The van der Waals surface area contributed by atoms with E-state index in [2.05, 4.69) is 0 Å². The fraction of sp³-hybridized carbons (Fsp3) is 0.150. The van der Waals surface area contributed by atoms with Gasteiger partial charge in [0.15, 0.2) is 15.8 Å². The molecule has 2 aromatic carbocycles. The number of carbonyl (C=O) groups excluding carboxylic acids is 2. The van der Waals surface area contributed by atoms with Crippen LogP contribution in [-0.4, -0.2) is 30.4 Å². The number of thiocarbonyl (C=S) groups is 1. The van der Waals surface area contributed by atoms with Gasteiger partial charge in [-0.25, -0.2) is 4.39 Å². The highest BCUT2D eigenvalue weighted by molar-refractivity contribution is 8.27. The summed E-state index contributed by atoms with van der Waals surface area (Å²) in [5, 5.41) is 0. The Labute approximate surface area is 176 Å². The lowest BCUT2D eigenvalue weighted by Crippen LogP contribution is -2.27. The minimum atomic E-state index is -0.523. The van der Waals surface area contributed by atoms with Crippen LogP contribution in [-0.2, 0) is 9.59 Å². The van der Waals surface area contributed by atoms with E-state index in [1.54, 1.807) is 24.3 Å². The maximum Gasteiger partial charge on any atom is 0.308 e. The Hall–Kier alpha value is -2.91. The molecule has 0 atom stereocenters. The number of hydrogen-bond donors (Lipinski definition) is 0. The summed E-state index contributed by atoms with van der Waals surface area (Å²) >= 11 is 6.40.